The standard InChI is InChI=1S/C9H5FN2O2/c10-9-6-2-1-5-11-7(6)3-4-8(9)12(13)14/h1-5H. The molecule has 0 saturated heterocycles. The van der Waals surface area contributed by atoms with Gasteiger partial charge in [0.05, 0.1) is 10.4 Å². The van der Waals surface area contributed by atoms with E-state index < -0.39 is 16.4 Å². The van der Waals surface area contributed by atoms with Gasteiger partial charge in [-0.2, -0.15) is 4.39 Å². The van der Waals surface area contributed by atoms with Gasteiger partial charge in [0.25, 0.3) is 0 Å². The highest BCUT2D eigenvalue weighted by Gasteiger charge is 2.16. The van der Waals surface area contributed by atoms with Crippen LogP contribution in [0, 0.1) is 15.9 Å². The van der Waals surface area contributed by atoms with Gasteiger partial charge in [-0.25, -0.2) is 0 Å². The molecule has 0 aliphatic carbocycles. The maximum absolute atomic E-state index is 13.4. The summed E-state index contributed by atoms with van der Waals surface area (Å²) in [4.78, 5) is 13.5. The third-order valence-electron chi connectivity index (χ3n) is 1.90. The Morgan fingerprint density at radius 2 is 2.14 bits per heavy atom. The van der Waals surface area contributed by atoms with Gasteiger partial charge in [0.15, 0.2) is 0 Å². The van der Waals surface area contributed by atoms with Crippen LogP contribution in [0.15, 0.2) is 30.5 Å². The highest BCUT2D eigenvalue weighted by molar-refractivity contribution is 5.81. The molecule has 0 atom stereocenters. The van der Waals surface area contributed by atoms with E-state index in [2.05, 4.69) is 4.98 Å². The maximum Gasteiger partial charge on any atom is 0.305 e. The third-order valence-corrected chi connectivity index (χ3v) is 1.90. The molecule has 0 unspecified atom stereocenters. The molecular weight excluding hydrogens is 187 g/mol. The van der Waals surface area contributed by atoms with Crippen LogP contribution in [0.3, 0.4) is 0 Å². The Labute approximate surface area is 78.2 Å². The Kier molecular flexibility index (Phi) is 1.85. The van der Waals surface area contributed by atoms with Gasteiger partial charge in [-0.1, -0.05) is 0 Å². The first-order valence-corrected chi connectivity index (χ1v) is 3.88. The van der Waals surface area contributed by atoms with Crippen LogP contribution in [0.5, 0.6) is 0 Å². The van der Waals surface area contributed by atoms with Crippen LogP contribution in [0.25, 0.3) is 10.9 Å². The van der Waals surface area contributed by atoms with E-state index in [1.807, 2.05) is 0 Å². The largest absolute Gasteiger partial charge is 0.305 e. The summed E-state index contributed by atoms with van der Waals surface area (Å²) in [6.07, 6.45) is 1.51. The predicted octanol–water partition coefficient (Wildman–Crippen LogP) is 2.28. The molecule has 1 heterocycles. The predicted molar refractivity (Wildman–Crippen MR) is 48.4 cm³/mol. The summed E-state index contributed by atoms with van der Waals surface area (Å²) in [5.41, 5.74) is -0.110. The first-order valence-electron chi connectivity index (χ1n) is 3.88. The van der Waals surface area contributed by atoms with Gasteiger partial charge >= 0.3 is 5.69 Å². The first kappa shape index (κ1) is 8.55. The van der Waals surface area contributed by atoms with E-state index in [0.717, 1.165) is 6.07 Å². The monoisotopic (exact) mass is 192 g/mol. The fourth-order valence-corrected chi connectivity index (χ4v) is 1.25. The highest BCUT2D eigenvalue weighted by Crippen LogP contribution is 2.24. The second-order valence-electron chi connectivity index (χ2n) is 2.73. The summed E-state index contributed by atoms with van der Waals surface area (Å²) in [6, 6.07) is 5.54. The zero-order valence-corrected chi connectivity index (χ0v) is 6.98. The Morgan fingerprint density at radius 3 is 2.86 bits per heavy atom. The molecule has 0 amide bonds. The summed E-state index contributed by atoms with van der Waals surface area (Å²) in [5, 5.41) is 10.6. The van der Waals surface area contributed by atoms with Crippen LogP contribution >= 0.6 is 0 Å². The van der Waals surface area contributed by atoms with Gasteiger partial charge < -0.3 is 0 Å². The lowest BCUT2D eigenvalue weighted by Crippen LogP contribution is -1.93. The fourth-order valence-electron chi connectivity index (χ4n) is 1.25. The molecule has 0 saturated carbocycles. The van der Waals surface area contributed by atoms with E-state index in [1.54, 1.807) is 0 Å². The average molecular weight is 192 g/mol. The van der Waals surface area contributed by atoms with E-state index in [0.29, 0.717) is 5.52 Å². The Hall–Kier alpha value is -2.04. The molecule has 0 spiro atoms. The molecule has 0 fully saturated rings. The van der Waals surface area contributed by atoms with Crippen LogP contribution in [0.1, 0.15) is 0 Å². The lowest BCUT2D eigenvalue weighted by atomic mass is 10.2. The molecule has 1 aromatic heterocycles. The quantitative estimate of drug-likeness (QED) is 0.514. The van der Waals surface area contributed by atoms with Crippen molar-refractivity contribution in [2.24, 2.45) is 0 Å². The molecule has 0 radical (unpaired) electrons. The number of halogens is 1. The molecule has 5 heteroatoms. The van der Waals surface area contributed by atoms with Crippen molar-refractivity contribution < 1.29 is 9.31 Å². The average Bonchev–Trinajstić information content (AvgIpc) is 2.18. The number of pyridine rings is 1. The molecule has 14 heavy (non-hydrogen) atoms. The van der Waals surface area contributed by atoms with Gasteiger partial charge in [0.2, 0.25) is 5.82 Å². The number of nitrogens with zero attached hydrogens (tertiary/aromatic N) is 2. The molecule has 0 aliphatic heterocycles. The number of rotatable bonds is 1. The van der Waals surface area contributed by atoms with Crippen LogP contribution < -0.4 is 0 Å². The van der Waals surface area contributed by atoms with E-state index in [9.17, 15) is 14.5 Å². The van der Waals surface area contributed by atoms with Gasteiger partial charge in [-0.15, -0.1) is 0 Å². The lowest BCUT2D eigenvalue weighted by Gasteiger charge is -1.98. The minimum atomic E-state index is -0.833. The number of nitro benzene ring substituents is 1. The van der Waals surface area contributed by atoms with Crippen molar-refractivity contribution in [3.63, 3.8) is 0 Å². The summed E-state index contributed by atoms with van der Waals surface area (Å²) in [5.74, 6) is -0.833. The lowest BCUT2D eigenvalue weighted by molar-refractivity contribution is -0.387. The van der Waals surface area contributed by atoms with Crippen molar-refractivity contribution in [3.8, 4) is 0 Å². The second kappa shape index (κ2) is 3.02. The Morgan fingerprint density at radius 1 is 1.36 bits per heavy atom. The summed E-state index contributed by atoms with van der Waals surface area (Å²) >= 11 is 0. The smallest absolute Gasteiger partial charge is 0.258 e. The second-order valence-corrected chi connectivity index (χ2v) is 2.73. The van der Waals surface area contributed by atoms with E-state index in [4.69, 9.17) is 0 Å². The number of aromatic nitrogens is 1. The van der Waals surface area contributed by atoms with Gasteiger partial charge in [0.1, 0.15) is 0 Å². The number of benzene rings is 1. The summed E-state index contributed by atoms with van der Waals surface area (Å²) in [7, 11) is 0. The van der Waals surface area contributed by atoms with Crippen LogP contribution in [-0.4, -0.2) is 9.91 Å². The molecule has 2 rings (SSSR count). The minimum Gasteiger partial charge on any atom is -0.258 e. The number of hydrogen-bond donors (Lipinski definition) is 0. The van der Waals surface area contributed by atoms with Gasteiger partial charge in [0, 0.05) is 17.6 Å². The summed E-state index contributed by atoms with van der Waals surface area (Å²) < 4.78 is 13.4. The Bertz CT molecular complexity index is 513. The molecule has 70 valence electrons. The zero-order valence-electron chi connectivity index (χ0n) is 6.98. The molecule has 4 nitrogen and oxygen atoms in total. The molecular formula is C9H5FN2O2. The minimum absolute atomic E-state index is 0.168. The van der Waals surface area contributed by atoms with Crippen molar-refractivity contribution in [3.05, 3.63) is 46.4 Å². The molecule has 1 aromatic carbocycles. The number of fused-ring (bicyclic) bond motifs is 1. The van der Waals surface area contributed by atoms with Gasteiger partial charge in [-0.3, -0.25) is 15.1 Å². The fraction of sp³-hybridized carbons (Fsp3) is 0. The Balaban J connectivity index is 2.81. The summed E-state index contributed by atoms with van der Waals surface area (Å²) in [6.45, 7) is 0. The molecule has 2 aromatic rings. The van der Waals surface area contributed by atoms with Crippen LogP contribution in [-0.2, 0) is 0 Å². The van der Waals surface area contributed by atoms with Gasteiger partial charge in [-0.05, 0) is 18.2 Å². The van der Waals surface area contributed by atoms with Crippen molar-refractivity contribution in [2.45, 2.75) is 0 Å². The first-order chi connectivity index (χ1) is 6.70. The van der Waals surface area contributed by atoms with E-state index in [1.165, 1.54) is 24.4 Å². The van der Waals surface area contributed by atoms with Crippen molar-refractivity contribution in [2.75, 3.05) is 0 Å². The van der Waals surface area contributed by atoms with Crippen molar-refractivity contribution in [1.29, 1.82) is 0 Å². The van der Waals surface area contributed by atoms with Crippen LogP contribution in [0.2, 0.25) is 0 Å². The molecule has 0 N–H and O–H groups in total. The number of nitro groups is 1. The normalized spacial score (nSPS) is 10.4. The van der Waals surface area contributed by atoms with Crippen LogP contribution in [0.4, 0.5) is 10.1 Å². The zero-order chi connectivity index (χ0) is 10.1. The molecule has 0 bridgehead atoms. The molecule has 0 aliphatic rings. The van der Waals surface area contributed by atoms with E-state index in [-0.39, 0.29) is 5.39 Å². The number of hydrogen-bond acceptors (Lipinski definition) is 3. The SMILES string of the molecule is O=[N+]([O-])c1ccc2ncccc2c1F. The third kappa shape index (κ3) is 1.19. The van der Waals surface area contributed by atoms with E-state index >= 15 is 0 Å². The van der Waals surface area contributed by atoms with Crippen molar-refractivity contribution >= 4 is 16.6 Å². The topological polar surface area (TPSA) is 56.0 Å². The van der Waals surface area contributed by atoms with Crippen molar-refractivity contribution in [1.82, 2.24) is 4.98 Å². The highest BCUT2D eigenvalue weighted by atomic mass is 19.1. The maximum atomic E-state index is 13.4.